The lowest BCUT2D eigenvalue weighted by molar-refractivity contribution is -0.151. The van der Waals surface area contributed by atoms with E-state index >= 15 is 0 Å². The van der Waals surface area contributed by atoms with E-state index in [1.807, 2.05) is 30.3 Å². The van der Waals surface area contributed by atoms with Crippen molar-refractivity contribution in [2.75, 3.05) is 13.7 Å². The van der Waals surface area contributed by atoms with Gasteiger partial charge in [-0.3, -0.25) is 9.59 Å². The number of fused-ring (bicyclic) bond motifs is 1. The van der Waals surface area contributed by atoms with E-state index in [1.165, 1.54) is 6.20 Å². The number of carbonyl (C=O) groups is 2. The van der Waals surface area contributed by atoms with Crippen molar-refractivity contribution in [1.82, 2.24) is 4.57 Å². The van der Waals surface area contributed by atoms with E-state index in [4.69, 9.17) is 4.74 Å². The summed E-state index contributed by atoms with van der Waals surface area (Å²) in [6.07, 6.45) is 2.17. The molecule has 0 saturated heterocycles. The van der Waals surface area contributed by atoms with E-state index in [0.717, 1.165) is 5.56 Å². The molecule has 0 unspecified atom stereocenters. The number of nitrogens with zero attached hydrogens (tertiary/aromatic N) is 1. The number of benzene rings is 2. The Labute approximate surface area is 172 Å². The van der Waals surface area contributed by atoms with Gasteiger partial charge in [0.25, 0.3) is 5.78 Å². The molecule has 0 bridgehead atoms. The summed E-state index contributed by atoms with van der Waals surface area (Å²) < 4.78 is 11.7. The zero-order chi connectivity index (χ0) is 21.7. The van der Waals surface area contributed by atoms with Crippen molar-refractivity contribution < 1.29 is 24.2 Å². The number of ether oxygens (including phenoxy) is 2. The van der Waals surface area contributed by atoms with E-state index in [0.29, 0.717) is 29.3 Å². The number of methoxy groups -OCH3 is 1. The fourth-order valence-corrected chi connectivity index (χ4v) is 3.09. The molecule has 0 spiro atoms. The molecule has 0 radical (unpaired) electrons. The molecule has 0 aliphatic carbocycles. The Hall–Kier alpha value is -3.87. The summed E-state index contributed by atoms with van der Waals surface area (Å²) in [7, 11) is 1.58. The van der Waals surface area contributed by atoms with Gasteiger partial charge in [-0.25, -0.2) is 4.79 Å². The van der Waals surface area contributed by atoms with Crippen LogP contribution in [0.4, 0.5) is 0 Å². The van der Waals surface area contributed by atoms with Crippen molar-refractivity contribution in [3.05, 3.63) is 82.2 Å². The van der Waals surface area contributed by atoms with Crippen molar-refractivity contribution in [1.29, 1.82) is 0 Å². The van der Waals surface area contributed by atoms with Crippen LogP contribution in [0.1, 0.15) is 18.1 Å². The maximum absolute atomic E-state index is 12.9. The lowest BCUT2D eigenvalue weighted by Crippen LogP contribution is -2.18. The van der Waals surface area contributed by atoms with Crippen molar-refractivity contribution >= 4 is 28.4 Å². The zero-order valence-electron chi connectivity index (χ0n) is 16.6. The molecule has 0 aliphatic heterocycles. The molecule has 3 rings (SSSR count). The maximum atomic E-state index is 12.9. The first kappa shape index (κ1) is 20.9. The van der Waals surface area contributed by atoms with Crippen LogP contribution in [0.25, 0.3) is 16.7 Å². The lowest BCUT2D eigenvalue weighted by atomic mass is 10.1. The lowest BCUT2D eigenvalue weighted by Gasteiger charge is -2.14. The van der Waals surface area contributed by atoms with Gasteiger partial charge in [0.2, 0.25) is 0 Å². The van der Waals surface area contributed by atoms with Crippen LogP contribution in [0.2, 0.25) is 0 Å². The largest absolute Gasteiger partial charge is 0.507 e. The van der Waals surface area contributed by atoms with E-state index in [9.17, 15) is 19.5 Å². The van der Waals surface area contributed by atoms with Crippen LogP contribution in [0.5, 0.6) is 5.75 Å². The van der Waals surface area contributed by atoms with Crippen molar-refractivity contribution in [2.24, 2.45) is 0 Å². The Kier molecular flexibility index (Phi) is 6.32. The van der Waals surface area contributed by atoms with Gasteiger partial charge in [-0.2, -0.15) is 0 Å². The number of aliphatic hydroxyl groups is 1. The molecule has 154 valence electrons. The Bertz CT molecular complexity index is 1190. The van der Waals surface area contributed by atoms with Gasteiger partial charge in [-0.15, -0.1) is 0 Å². The van der Waals surface area contributed by atoms with Crippen LogP contribution in [0.3, 0.4) is 0 Å². The van der Waals surface area contributed by atoms with Gasteiger partial charge in [0.1, 0.15) is 11.5 Å². The molecule has 3 aromatic rings. The predicted molar refractivity (Wildman–Crippen MR) is 113 cm³/mol. The Morgan fingerprint density at radius 3 is 2.63 bits per heavy atom. The van der Waals surface area contributed by atoms with E-state index in [2.05, 4.69) is 4.74 Å². The molecule has 0 fully saturated rings. The molecule has 1 heterocycles. The van der Waals surface area contributed by atoms with Crippen LogP contribution >= 0.6 is 0 Å². The van der Waals surface area contributed by atoms with Crippen LogP contribution in [0.15, 0.2) is 65.6 Å². The van der Waals surface area contributed by atoms with Crippen LogP contribution in [0, 0.1) is 0 Å². The van der Waals surface area contributed by atoms with Crippen molar-refractivity contribution in [3.63, 3.8) is 0 Å². The van der Waals surface area contributed by atoms with Gasteiger partial charge in [0.15, 0.2) is 5.43 Å². The summed E-state index contributed by atoms with van der Waals surface area (Å²) in [4.78, 5) is 36.3. The average Bonchev–Trinajstić information content (AvgIpc) is 2.76. The Balaban J connectivity index is 2.10. The molecule has 0 amide bonds. The summed E-state index contributed by atoms with van der Waals surface area (Å²) in [5.41, 5.74) is 1.05. The molecule has 2 aromatic carbocycles. The Morgan fingerprint density at radius 2 is 1.90 bits per heavy atom. The standard InChI is InChI=1S/C23H21NO6/c1-3-30-23(28)21(26)12-20(25)18-14-24(13-15-7-6-8-16(11-15)29-2)19-10-5-4-9-17(19)22(18)27/h4-12,14,25H,3,13H2,1-2H3. The van der Waals surface area contributed by atoms with E-state index in [1.54, 1.807) is 36.8 Å². The molecular formula is C23H21NO6. The average molecular weight is 407 g/mol. The summed E-state index contributed by atoms with van der Waals surface area (Å²) in [5, 5.41) is 10.8. The van der Waals surface area contributed by atoms with Crippen molar-refractivity contribution in [3.8, 4) is 5.75 Å². The first-order valence-corrected chi connectivity index (χ1v) is 9.31. The third kappa shape index (κ3) is 4.41. The third-order valence-corrected chi connectivity index (χ3v) is 4.50. The second kappa shape index (κ2) is 9.09. The minimum Gasteiger partial charge on any atom is -0.507 e. The predicted octanol–water partition coefficient (Wildman–Crippen LogP) is 3.09. The number of aromatic nitrogens is 1. The number of rotatable bonds is 7. The quantitative estimate of drug-likeness (QED) is 0.280. The monoisotopic (exact) mass is 407 g/mol. The Morgan fingerprint density at radius 1 is 1.13 bits per heavy atom. The second-order valence-electron chi connectivity index (χ2n) is 6.48. The zero-order valence-corrected chi connectivity index (χ0v) is 16.6. The van der Waals surface area contributed by atoms with Crippen LogP contribution in [-0.2, 0) is 20.9 Å². The number of pyridine rings is 1. The molecule has 1 aromatic heterocycles. The number of aliphatic hydroxyl groups excluding tert-OH is 1. The summed E-state index contributed by atoms with van der Waals surface area (Å²) >= 11 is 0. The van der Waals surface area contributed by atoms with Gasteiger partial charge >= 0.3 is 5.97 Å². The molecular weight excluding hydrogens is 386 g/mol. The molecule has 7 heteroatoms. The number of carbonyl (C=O) groups excluding carboxylic acids is 2. The number of esters is 1. The molecule has 7 nitrogen and oxygen atoms in total. The summed E-state index contributed by atoms with van der Waals surface area (Å²) in [6, 6.07) is 14.4. The number of ketones is 1. The molecule has 1 N–H and O–H groups in total. The first-order valence-electron chi connectivity index (χ1n) is 9.31. The minimum absolute atomic E-state index is 0.0303. The second-order valence-corrected chi connectivity index (χ2v) is 6.48. The smallest absolute Gasteiger partial charge is 0.379 e. The first-order chi connectivity index (χ1) is 14.4. The highest BCUT2D eigenvalue weighted by atomic mass is 16.5. The molecule has 0 aliphatic rings. The van der Waals surface area contributed by atoms with Crippen LogP contribution in [-0.4, -0.2) is 35.1 Å². The SMILES string of the molecule is CCOC(=O)C(=O)C=C(O)c1cn(Cc2cccc(OC)c2)c2ccccc2c1=O. The normalized spacial score (nSPS) is 11.3. The maximum Gasteiger partial charge on any atom is 0.379 e. The van der Waals surface area contributed by atoms with Gasteiger partial charge < -0.3 is 19.1 Å². The van der Waals surface area contributed by atoms with E-state index < -0.39 is 22.9 Å². The van der Waals surface area contributed by atoms with Gasteiger partial charge in [-0.05, 0) is 36.8 Å². The summed E-state index contributed by atoms with van der Waals surface area (Å²) in [5.74, 6) is -2.04. The number of hydrogen-bond donors (Lipinski definition) is 1. The minimum atomic E-state index is -1.10. The molecule has 0 atom stereocenters. The third-order valence-electron chi connectivity index (χ3n) is 4.50. The summed E-state index contributed by atoms with van der Waals surface area (Å²) in [6.45, 7) is 1.99. The number of hydrogen-bond acceptors (Lipinski definition) is 6. The van der Waals surface area contributed by atoms with Gasteiger partial charge in [-0.1, -0.05) is 24.3 Å². The number of para-hydroxylation sites is 1. The van der Waals surface area contributed by atoms with Crippen LogP contribution < -0.4 is 10.2 Å². The highest BCUT2D eigenvalue weighted by Crippen LogP contribution is 2.19. The van der Waals surface area contributed by atoms with Gasteiger partial charge in [0.05, 0.1) is 24.8 Å². The highest BCUT2D eigenvalue weighted by Gasteiger charge is 2.17. The molecule has 0 saturated carbocycles. The van der Waals surface area contributed by atoms with E-state index in [-0.39, 0.29) is 12.2 Å². The topological polar surface area (TPSA) is 94.8 Å². The molecule has 30 heavy (non-hydrogen) atoms. The highest BCUT2D eigenvalue weighted by molar-refractivity contribution is 6.39. The van der Waals surface area contributed by atoms with Gasteiger partial charge in [0, 0.05) is 24.2 Å². The van der Waals surface area contributed by atoms with Crippen molar-refractivity contribution in [2.45, 2.75) is 13.5 Å². The fraction of sp³-hybridized carbons (Fsp3) is 0.174. The fourth-order valence-electron chi connectivity index (χ4n) is 3.09.